The molecule has 0 bridgehead atoms. The van der Waals surface area contributed by atoms with Gasteiger partial charge in [0.1, 0.15) is 28.6 Å². The molecular formula is C23H23O6P. The molecule has 7 heteroatoms. The van der Waals surface area contributed by atoms with Crippen LogP contribution in [0.25, 0.3) is 0 Å². The van der Waals surface area contributed by atoms with Gasteiger partial charge in [-0.15, -0.1) is 0 Å². The van der Waals surface area contributed by atoms with Gasteiger partial charge in [0.2, 0.25) is 12.7 Å². The first-order chi connectivity index (χ1) is 14.5. The monoisotopic (exact) mass is 426 g/mol. The van der Waals surface area contributed by atoms with Crippen molar-refractivity contribution in [3.05, 3.63) is 72.3 Å². The van der Waals surface area contributed by atoms with Crippen molar-refractivity contribution in [3.63, 3.8) is 0 Å². The van der Waals surface area contributed by atoms with Crippen LogP contribution in [0.2, 0.25) is 0 Å². The van der Waals surface area contributed by atoms with Gasteiger partial charge in [0.15, 0.2) is 0 Å². The lowest BCUT2D eigenvalue weighted by Gasteiger charge is -2.21. The zero-order valence-electron chi connectivity index (χ0n) is 17.2. The predicted octanol–water partition coefficient (Wildman–Crippen LogP) is 3.88. The number of carbonyl (C=O) groups is 1. The maximum atomic E-state index is 14.5. The van der Waals surface area contributed by atoms with Gasteiger partial charge in [-0.3, -0.25) is 4.79 Å². The molecule has 0 saturated heterocycles. The number of rotatable bonds is 8. The molecule has 0 saturated carbocycles. The molecule has 0 aliphatic carbocycles. The molecule has 0 spiro atoms. The zero-order valence-corrected chi connectivity index (χ0v) is 18.1. The van der Waals surface area contributed by atoms with Gasteiger partial charge in [0.25, 0.3) is 0 Å². The fourth-order valence-electron chi connectivity index (χ4n) is 3.19. The van der Waals surface area contributed by atoms with E-state index in [4.69, 9.17) is 18.9 Å². The summed E-state index contributed by atoms with van der Waals surface area (Å²) in [5.41, 5.74) is -0.440. The molecule has 3 rings (SSSR count). The van der Waals surface area contributed by atoms with Crippen LogP contribution in [-0.4, -0.2) is 34.0 Å². The molecule has 6 nitrogen and oxygen atoms in total. The minimum Gasteiger partial charge on any atom is -0.497 e. The average molecular weight is 426 g/mol. The summed E-state index contributed by atoms with van der Waals surface area (Å²) < 4.78 is 35.7. The Morgan fingerprint density at radius 2 is 1.03 bits per heavy atom. The molecule has 0 unspecified atom stereocenters. The van der Waals surface area contributed by atoms with Crippen molar-refractivity contribution in [1.29, 1.82) is 0 Å². The topological polar surface area (TPSA) is 71.1 Å². The maximum Gasteiger partial charge on any atom is 0.237 e. The number of hydrogen-bond donors (Lipinski definition) is 0. The third-order valence-electron chi connectivity index (χ3n) is 4.80. The van der Waals surface area contributed by atoms with Crippen LogP contribution in [0.15, 0.2) is 66.7 Å². The smallest absolute Gasteiger partial charge is 0.237 e. The van der Waals surface area contributed by atoms with Gasteiger partial charge in [0.05, 0.1) is 28.4 Å². The van der Waals surface area contributed by atoms with Gasteiger partial charge < -0.3 is 23.5 Å². The molecular weight excluding hydrogens is 403 g/mol. The van der Waals surface area contributed by atoms with E-state index in [1.165, 1.54) is 14.2 Å². The quantitative estimate of drug-likeness (QED) is 0.509. The van der Waals surface area contributed by atoms with E-state index in [2.05, 4.69) is 0 Å². The van der Waals surface area contributed by atoms with Crippen molar-refractivity contribution in [1.82, 2.24) is 0 Å². The van der Waals surface area contributed by atoms with E-state index in [9.17, 15) is 9.36 Å². The van der Waals surface area contributed by atoms with Gasteiger partial charge in [0, 0.05) is 10.6 Å². The highest BCUT2D eigenvalue weighted by Gasteiger charge is 2.39. The van der Waals surface area contributed by atoms with E-state index in [1.54, 1.807) is 80.9 Å². The molecule has 3 aromatic rings. The van der Waals surface area contributed by atoms with Gasteiger partial charge in [-0.05, 0) is 60.7 Å². The average Bonchev–Trinajstić information content (AvgIpc) is 2.82. The van der Waals surface area contributed by atoms with Crippen LogP contribution >= 0.6 is 7.14 Å². The Morgan fingerprint density at radius 1 is 0.633 bits per heavy atom. The Bertz CT molecular complexity index is 1000. The van der Waals surface area contributed by atoms with E-state index >= 15 is 0 Å². The van der Waals surface area contributed by atoms with Crippen molar-refractivity contribution < 1.29 is 28.3 Å². The largest absolute Gasteiger partial charge is 0.497 e. The number of carbonyl (C=O) groups excluding carboxylic acids is 1. The van der Waals surface area contributed by atoms with Crippen LogP contribution < -0.4 is 29.6 Å². The first-order valence-corrected chi connectivity index (χ1v) is 10.9. The second kappa shape index (κ2) is 9.06. The highest BCUT2D eigenvalue weighted by Crippen LogP contribution is 2.50. The van der Waals surface area contributed by atoms with Crippen LogP contribution in [0.1, 0.15) is 10.4 Å². The van der Waals surface area contributed by atoms with Crippen molar-refractivity contribution in [2.45, 2.75) is 0 Å². The summed E-state index contributed by atoms with van der Waals surface area (Å²) >= 11 is 0. The SMILES string of the molecule is COc1ccc(P(=O)(C(=O)c2c(OC)cccc2OC)c2ccc(OC)cc2)cc1. The van der Waals surface area contributed by atoms with Gasteiger partial charge in [-0.1, -0.05) is 6.07 Å². The first kappa shape index (κ1) is 21.5. The molecule has 0 aromatic heterocycles. The summed E-state index contributed by atoms with van der Waals surface area (Å²) in [6.07, 6.45) is 0. The standard InChI is InChI=1S/C23H23O6P/c1-26-16-8-12-18(13-9-16)30(25,19-14-10-17(27-2)11-15-19)23(24)22-20(28-3)6-5-7-21(22)29-4/h5-15H,1-4H3. The molecule has 0 heterocycles. The summed E-state index contributed by atoms with van der Waals surface area (Å²) in [7, 11) is 2.21. The molecule has 0 amide bonds. The van der Waals surface area contributed by atoms with Crippen molar-refractivity contribution in [3.8, 4) is 23.0 Å². The molecule has 0 radical (unpaired) electrons. The van der Waals surface area contributed by atoms with E-state index < -0.39 is 12.7 Å². The van der Waals surface area contributed by atoms with Crippen LogP contribution in [-0.2, 0) is 4.57 Å². The summed E-state index contributed by atoms with van der Waals surface area (Å²) in [4.78, 5) is 13.9. The summed E-state index contributed by atoms with van der Waals surface area (Å²) in [6, 6.07) is 18.3. The maximum absolute atomic E-state index is 14.5. The van der Waals surface area contributed by atoms with Crippen molar-refractivity contribution >= 4 is 23.3 Å². The molecule has 0 aliphatic heterocycles. The first-order valence-electron chi connectivity index (χ1n) is 9.14. The van der Waals surface area contributed by atoms with E-state index in [0.29, 0.717) is 33.6 Å². The fraction of sp³-hybridized carbons (Fsp3) is 0.174. The Morgan fingerprint density at radius 3 is 1.37 bits per heavy atom. The van der Waals surface area contributed by atoms with Crippen LogP contribution in [0.3, 0.4) is 0 Å². The normalized spacial score (nSPS) is 10.9. The Hall–Kier alpha value is -3.24. The second-order valence-corrected chi connectivity index (χ2v) is 9.01. The van der Waals surface area contributed by atoms with E-state index in [1.807, 2.05) is 0 Å². The number of ether oxygens (including phenoxy) is 4. The Labute approximate surface area is 175 Å². The van der Waals surface area contributed by atoms with E-state index in [-0.39, 0.29) is 5.56 Å². The minimum absolute atomic E-state index is 0.137. The predicted molar refractivity (Wildman–Crippen MR) is 117 cm³/mol. The van der Waals surface area contributed by atoms with Gasteiger partial charge in [-0.2, -0.15) is 0 Å². The third kappa shape index (κ3) is 3.79. The molecule has 0 atom stereocenters. The fourth-order valence-corrected chi connectivity index (χ4v) is 5.63. The Balaban J connectivity index is 2.26. The zero-order chi connectivity index (χ0) is 21.7. The second-order valence-electron chi connectivity index (χ2n) is 6.35. The Kier molecular flexibility index (Phi) is 6.48. The number of hydrogen-bond acceptors (Lipinski definition) is 6. The van der Waals surface area contributed by atoms with Crippen LogP contribution in [0, 0.1) is 0 Å². The highest BCUT2D eigenvalue weighted by molar-refractivity contribution is 7.93. The number of benzene rings is 3. The summed E-state index contributed by atoms with van der Waals surface area (Å²) in [6.45, 7) is 0. The van der Waals surface area contributed by atoms with Crippen molar-refractivity contribution in [2.75, 3.05) is 28.4 Å². The van der Waals surface area contributed by atoms with Crippen molar-refractivity contribution in [2.24, 2.45) is 0 Å². The minimum atomic E-state index is -3.79. The third-order valence-corrected chi connectivity index (χ3v) is 7.65. The molecule has 0 fully saturated rings. The lowest BCUT2D eigenvalue weighted by atomic mass is 10.2. The molecule has 30 heavy (non-hydrogen) atoms. The summed E-state index contributed by atoms with van der Waals surface area (Å²) in [5, 5.41) is 0.762. The molecule has 0 N–H and O–H groups in total. The molecule has 3 aromatic carbocycles. The molecule has 156 valence electrons. The number of methoxy groups -OCH3 is 4. The lowest BCUT2D eigenvalue weighted by Crippen LogP contribution is -2.23. The van der Waals surface area contributed by atoms with Crippen LogP contribution in [0.5, 0.6) is 23.0 Å². The summed E-state index contributed by atoms with van der Waals surface area (Å²) in [5.74, 6) is 1.79. The highest BCUT2D eigenvalue weighted by atomic mass is 31.2. The molecule has 0 aliphatic rings. The van der Waals surface area contributed by atoms with E-state index in [0.717, 1.165) is 0 Å². The van der Waals surface area contributed by atoms with Crippen LogP contribution in [0.4, 0.5) is 0 Å². The van der Waals surface area contributed by atoms with Gasteiger partial charge >= 0.3 is 0 Å². The lowest BCUT2D eigenvalue weighted by molar-refractivity contribution is 0.107. The van der Waals surface area contributed by atoms with Gasteiger partial charge in [-0.25, -0.2) is 0 Å².